The van der Waals surface area contributed by atoms with E-state index in [2.05, 4.69) is 11.0 Å². The monoisotopic (exact) mass is 260 g/mol. The van der Waals surface area contributed by atoms with Gasteiger partial charge in [0.15, 0.2) is 0 Å². The molecule has 4 heteroatoms. The standard InChI is InChI=1S/C15H20N2O2/c1-19-9-8-17(14-6-7-14)11-15(18)13-4-2-12(10-16)3-5-13/h2-5,14-15,18H,6-9,11H2,1H3. The molecule has 1 N–H and O–H groups in total. The van der Waals surface area contributed by atoms with Crippen molar-refractivity contribution in [1.82, 2.24) is 4.90 Å². The minimum absolute atomic E-state index is 0.509. The zero-order valence-corrected chi connectivity index (χ0v) is 11.2. The maximum atomic E-state index is 10.3. The summed E-state index contributed by atoms with van der Waals surface area (Å²) in [6, 6.07) is 9.82. The molecule has 1 aromatic rings. The average molecular weight is 260 g/mol. The lowest BCUT2D eigenvalue weighted by Crippen LogP contribution is -2.33. The van der Waals surface area contributed by atoms with Crippen molar-refractivity contribution in [3.8, 4) is 6.07 Å². The number of aliphatic hydroxyl groups is 1. The van der Waals surface area contributed by atoms with Gasteiger partial charge in [0.1, 0.15) is 0 Å². The summed E-state index contributed by atoms with van der Waals surface area (Å²) >= 11 is 0. The molecule has 0 radical (unpaired) electrons. The Morgan fingerprint density at radius 2 is 2.11 bits per heavy atom. The van der Waals surface area contributed by atoms with Crippen molar-refractivity contribution < 1.29 is 9.84 Å². The second kappa shape index (κ2) is 6.67. The lowest BCUT2D eigenvalue weighted by Gasteiger charge is -2.24. The smallest absolute Gasteiger partial charge is 0.0991 e. The minimum atomic E-state index is -0.509. The molecule has 1 atom stereocenters. The number of ether oxygens (including phenoxy) is 1. The minimum Gasteiger partial charge on any atom is -0.387 e. The van der Waals surface area contributed by atoms with Crippen molar-refractivity contribution in [2.24, 2.45) is 0 Å². The van der Waals surface area contributed by atoms with Gasteiger partial charge in [0.05, 0.1) is 24.3 Å². The summed E-state index contributed by atoms with van der Waals surface area (Å²) in [5, 5.41) is 19.0. The molecule has 19 heavy (non-hydrogen) atoms. The van der Waals surface area contributed by atoms with Crippen molar-refractivity contribution in [2.45, 2.75) is 25.0 Å². The van der Waals surface area contributed by atoms with E-state index in [1.807, 2.05) is 12.1 Å². The van der Waals surface area contributed by atoms with E-state index in [1.54, 1.807) is 19.2 Å². The highest BCUT2D eigenvalue weighted by molar-refractivity contribution is 5.32. The summed E-state index contributed by atoms with van der Waals surface area (Å²) in [4.78, 5) is 2.28. The molecule has 1 aliphatic carbocycles. The zero-order chi connectivity index (χ0) is 13.7. The van der Waals surface area contributed by atoms with Gasteiger partial charge >= 0.3 is 0 Å². The molecule has 0 bridgehead atoms. The summed E-state index contributed by atoms with van der Waals surface area (Å²) in [5.74, 6) is 0. The van der Waals surface area contributed by atoms with Gasteiger partial charge in [-0.05, 0) is 30.5 Å². The number of methoxy groups -OCH3 is 1. The first-order valence-electron chi connectivity index (χ1n) is 6.65. The molecule has 1 aliphatic rings. The van der Waals surface area contributed by atoms with Crippen LogP contribution in [0.1, 0.15) is 30.1 Å². The Bertz CT molecular complexity index is 434. The molecule has 1 unspecified atom stereocenters. The average Bonchev–Trinajstić information content (AvgIpc) is 3.28. The number of benzene rings is 1. The number of hydrogen-bond acceptors (Lipinski definition) is 4. The quantitative estimate of drug-likeness (QED) is 0.810. The summed E-state index contributed by atoms with van der Waals surface area (Å²) in [6.45, 7) is 2.17. The number of rotatable bonds is 7. The van der Waals surface area contributed by atoms with Crippen LogP contribution in [-0.4, -0.2) is 42.9 Å². The Labute approximate surface area is 114 Å². The van der Waals surface area contributed by atoms with Crippen LogP contribution in [0.2, 0.25) is 0 Å². The van der Waals surface area contributed by atoms with Gasteiger partial charge in [0.25, 0.3) is 0 Å². The molecule has 2 rings (SSSR count). The van der Waals surface area contributed by atoms with E-state index in [1.165, 1.54) is 12.8 Å². The molecule has 0 saturated heterocycles. The van der Waals surface area contributed by atoms with Crippen LogP contribution in [0, 0.1) is 11.3 Å². The SMILES string of the molecule is COCCN(CC(O)c1ccc(C#N)cc1)C1CC1. The summed E-state index contributed by atoms with van der Waals surface area (Å²) < 4.78 is 5.11. The normalized spacial score (nSPS) is 16.3. The molecule has 1 saturated carbocycles. The molecule has 0 aliphatic heterocycles. The zero-order valence-electron chi connectivity index (χ0n) is 11.2. The molecular formula is C15H20N2O2. The maximum Gasteiger partial charge on any atom is 0.0991 e. The highest BCUT2D eigenvalue weighted by Gasteiger charge is 2.30. The highest BCUT2D eigenvalue weighted by Crippen LogP contribution is 2.28. The van der Waals surface area contributed by atoms with Gasteiger partial charge in [-0.1, -0.05) is 12.1 Å². The van der Waals surface area contributed by atoms with E-state index in [0.717, 1.165) is 12.1 Å². The number of nitrogens with zero attached hydrogens (tertiary/aromatic N) is 2. The predicted octanol–water partition coefficient (Wildman–Crippen LogP) is 1.70. The van der Waals surface area contributed by atoms with Gasteiger partial charge < -0.3 is 9.84 Å². The van der Waals surface area contributed by atoms with Gasteiger partial charge in [-0.2, -0.15) is 5.26 Å². The number of aliphatic hydroxyl groups excluding tert-OH is 1. The molecule has 0 amide bonds. The Balaban J connectivity index is 1.93. The van der Waals surface area contributed by atoms with E-state index in [9.17, 15) is 5.11 Å². The van der Waals surface area contributed by atoms with E-state index in [0.29, 0.717) is 24.8 Å². The first-order valence-corrected chi connectivity index (χ1v) is 6.65. The molecule has 4 nitrogen and oxygen atoms in total. The Kier molecular flexibility index (Phi) is 4.92. The first-order chi connectivity index (χ1) is 9.24. The second-order valence-corrected chi connectivity index (χ2v) is 4.97. The maximum absolute atomic E-state index is 10.3. The van der Waals surface area contributed by atoms with Crippen molar-refractivity contribution in [1.29, 1.82) is 5.26 Å². The van der Waals surface area contributed by atoms with Crippen LogP contribution in [0.3, 0.4) is 0 Å². The second-order valence-electron chi connectivity index (χ2n) is 4.97. The summed E-state index contributed by atoms with van der Waals surface area (Å²) in [7, 11) is 1.70. The first kappa shape index (κ1) is 14.0. The fraction of sp³-hybridized carbons (Fsp3) is 0.533. The molecule has 0 spiro atoms. The van der Waals surface area contributed by atoms with Crippen LogP contribution in [0.4, 0.5) is 0 Å². The van der Waals surface area contributed by atoms with Gasteiger partial charge in [0, 0.05) is 26.2 Å². The predicted molar refractivity (Wildman–Crippen MR) is 72.6 cm³/mol. The Morgan fingerprint density at radius 3 is 2.63 bits per heavy atom. The number of nitriles is 1. The Hall–Kier alpha value is -1.41. The lowest BCUT2D eigenvalue weighted by molar-refractivity contribution is 0.0846. The molecule has 0 aromatic heterocycles. The summed E-state index contributed by atoms with van der Waals surface area (Å²) in [6.07, 6.45) is 1.92. The molecule has 1 fully saturated rings. The molecular weight excluding hydrogens is 240 g/mol. The van der Waals surface area contributed by atoms with Crippen molar-refractivity contribution in [3.63, 3.8) is 0 Å². The van der Waals surface area contributed by atoms with Gasteiger partial charge in [0.2, 0.25) is 0 Å². The van der Waals surface area contributed by atoms with E-state index in [-0.39, 0.29) is 0 Å². The van der Waals surface area contributed by atoms with Crippen LogP contribution >= 0.6 is 0 Å². The van der Waals surface area contributed by atoms with Crippen LogP contribution in [0.15, 0.2) is 24.3 Å². The third kappa shape index (κ3) is 4.03. The van der Waals surface area contributed by atoms with Crippen molar-refractivity contribution in [2.75, 3.05) is 26.8 Å². The number of hydrogen-bond donors (Lipinski definition) is 1. The van der Waals surface area contributed by atoms with E-state index >= 15 is 0 Å². The largest absolute Gasteiger partial charge is 0.387 e. The van der Waals surface area contributed by atoms with Crippen LogP contribution in [0.25, 0.3) is 0 Å². The lowest BCUT2D eigenvalue weighted by atomic mass is 10.1. The summed E-state index contributed by atoms with van der Waals surface area (Å²) in [5.41, 5.74) is 1.48. The van der Waals surface area contributed by atoms with Gasteiger partial charge in [-0.25, -0.2) is 0 Å². The van der Waals surface area contributed by atoms with Crippen LogP contribution < -0.4 is 0 Å². The van der Waals surface area contributed by atoms with Crippen LogP contribution in [-0.2, 0) is 4.74 Å². The third-order valence-corrected chi connectivity index (χ3v) is 3.48. The van der Waals surface area contributed by atoms with E-state index in [4.69, 9.17) is 10.00 Å². The topological polar surface area (TPSA) is 56.5 Å². The third-order valence-electron chi connectivity index (χ3n) is 3.48. The van der Waals surface area contributed by atoms with Gasteiger partial charge in [-0.15, -0.1) is 0 Å². The fourth-order valence-electron chi connectivity index (χ4n) is 2.18. The molecule has 102 valence electrons. The van der Waals surface area contributed by atoms with Gasteiger partial charge in [-0.3, -0.25) is 4.90 Å². The Morgan fingerprint density at radius 1 is 1.42 bits per heavy atom. The van der Waals surface area contributed by atoms with E-state index < -0.39 is 6.10 Å². The highest BCUT2D eigenvalue weighted by atomic mass is 16.5. The van der Waals surface area contributed by atoms with Crippen molar-refractivity contribution >= 4 is 0 Å². The fourth-order valence-corrected chi connectivity index (χ4v) is 2.18. The van der Waals surface area contributed by atoms with Crippen LogP contribution in [0.5, 0.6) is 0 Å². The molecule has 1 aromatic carbocycles. The molecule has 0 heterocycles. The van der Waals surface area contributed by atoms with Crippen molar-refractivity contribution in [3.05, 3.63) is 35.4 Å².